The van der Waals surface area contributed by atoms with Crippen LogP contribution in [-0.2, 0) is 15.1 Å². The number of nitrogens with zero attached hydrogens (tertiary/aromatic N) is 1. The van der Waals surface area contributed by atoms with Gasteiger partial charge in [-0.05, 0) is 70.7 Å². The molecule has 0 spiro atoms. The van der Waals surface area contributed by atoms with E-state index in [-0.39, 0.29) is 12.0 Å². The number of amides is 2. The van der Waals surface area contributed by atoms with E-state index in [9.17, 15) is 9.59 Å². The lowest BCUT2D eigenvalue weighted by Gasteiger charge is -2.35. The van der Waals surface area contributed by atoms with Crippen LogP contribution in [0.25, 0.3) is 0 Å². The number of benzene rings is 2. The second kappa shape index (κ2) is 10.2. The summed E-state index contributed by atoms with van der Waals surface area (Å²) in [5, 5.41) is 7.69. The van der Waals surface area contributed by atoms with Crippen LogP contribution in [0.5, 0.6) is 0 Å². The van der Waals surface area contributed by atoms with Gasteiger partial charge in [-0.3, -0.25) is 10.1 Å². The number of anilines is 1. The van der Waals surface area contributed by atoms with Gasteiger partial charge in [0.2, 0.25) is 0 Å². The standard InChI is InChI=1S/C26H30Cl3N3O3/c1-25(2,3)35-24(34)32-12-9-16(10-13-32)8-11-30-26(17-6-4-5-7-19(17)27)18-14-20(28)21(29)15-22(18)31-23(26)33/h4-7,14-16,30H,8-13H2,1-3H3,(H,31,33). The van der Waals surface area contributed by atoms with Crippen molar-refractivity contribution in [2.24, 2.45) is 5.92 Å². The third-order valence-electron chi connectivity index (χ3n) is 6.54. The van der Waals surface area contributed by atoms with Crippen molar-refractivity contribution in [1.29, 1.82) is 0 Å². The Morgan fingerprint density at radius 2 is 1.74 bits per heavy atom. The molecule has 9 heteroatoms. The first-order valence-electron chi connectivity index (χ1n) is 11.8. The van der Waals surface area contributed by atoms with E-state index < -0.39 is 11.1 Å². The molecule has 1 saturated heterocycles. The number of ether oxygens (including phenoxy) is 1. The van der Waals surface area contributed by atoms with Crippen molar-refractivity contribution in [3.8, 4) is 0 Å². The number of fused-ring (bicyclic) bond motifs is 1. The van der Waals surface area contributed by atoms with Crippen LogP contribution in [0.4, 0.5) is 10.5 Å². The minimum atomic E-state index is -1.18. The fraction of sp³-hybridized carbons (Fsp3) is 0.462. The van der Waals surface area contributed by atoms with E-state index in [1.165, 1.54) is 0 Å². The molecule has 0 bridgehead atoms. The van der Waals surface area contributed by atoms with Crippen LogP contribution < -0.4 is 10.6 Å². The molecule has 1 unspecified atom stereocenters. The third kappa shape index (κ3) is 5.41. The summed E-state index contributed by atoms with van der Waals surface area (Å²) in [5.74, 6) is 0.195. The molecule has 0 aliphatic carbocycles. The van der Waals surface area contributed by atoms with E-state index in [1.54, 1.807) is 23.1 Å². The predicted molar refractivity (Wildman–Crippen MR) is 140 cm³/mol. The van der Waals surface area contributed by atoms with Crippen molar-refractivity contribution >= 4 is 52.5 Å². The van der Waals surface area contributed by atoms with E-state index in [0.29, 0.717) is 57.4 Å². The third-order valence-corrected chi connectivity index (χ3v) is 7.59. The number of piperidine rings is 1. The van der Waals surface area contributed by atoms with Gasteiger partial charge in [-0.15, -0.1) is 0 Å². The largest absolute Gasteiger partial charge is 0.444 e. The highest BCUT2D eigenvalue weighted by Gasteiger charge is 2.49. The summed E-state index contributed by atoms with van der Waals surface area (Å²) in [6.45, 7) is 7.51. The Bertz CT molecular complexity index is 1130. The van der Waals surface area contributed by atoms with Crippen molar-refractivity contribution in [2.45, 2.75) is 51.2 Å². The van der Waals surface area contributed by atoms with Gasteiger partial charge in [-0.25, -0.2) is 4.79 Å². The summed E-state index contributed by atoms with van der Waals surface area (Å²) in [4.78, 5) is 27.6. The molecule has 2 aromatic carbocycles. The molecule has 0 radical (unpaired) electrons. The van der Waals surface area contributed by atoms with Crippen LogP contribution in [0.3, 0.4) is 0 Å². The minimum Gasteiger partial charge on any atom is -0.444 e. The first kappa shape index (κ1) is 26.1. The molecule has 2 heterocycles. The van der Waals surface area contributed by atoms with E-state index in [0.717, 1.165) is 19.3 Å². The Morgan fingerprint density at radius 3 is 2.40 bits per heavy atom. The molecule has 2 aromatic rings. The number of carbonyl (C=O) groups is 2. The molecule has 0 saturated carbocycles. The first-order chi connectivity index (χ1) is 16.5. The minimum absolute atomic E-state index is 0.223. The normalized spacial score (nSPS) is 20.5. The number of hydrogen-bond donors (Lipinski definition) is 2. The molecule has 4 rings (SSSR count). The maximum Gasteiger partial charge on any atom is 0.410 e. The van der Waals surface area contributed by atoms with E-state index in [1.807, 2.05) is 39.0 Å². The van der Waals surface area contributed by atoms with Gasteiger partial charge in [0.15, 0.2) is 5.54 Å². The molecule has 2 aliphatic rings. The molecule has 1 fully saturated rings. The highest BCUT2D eigenvalue weighted by Crippen LogP contribution is 2.46. The molecule has 1 atom stereocenters. The second-order valence-electron chi connectivity index (χ2n) is 10.1. The number of carbonyl (C=O) groups excluding carboxylic acids is 2. The van der Waals surface area contributed by atoms with Crippen molar-refractivity contribution in [2.75, 3.05) is 25.0 Å². The Hall–Kier alpha value is -1.99. The lowest BCUT2D eigenvalue weighted by atomic mass is 9.83. The first-order valence-corrected chi connectivity index (χ1v) is 12.9. The van der Waals surface area contributed by atoms with Crippen LogP contribution in [0, 0.1) is 5.92 Å². The van der Waals surface area contributed by atoms with Gasteiger partial charge in [0.05, 0.1) is 10.0 Å². The zero-order valence-electron chi connectivity index (χ0n) is 20.1. The number of rotatable bonds is 5. The number of halogens is 3. The molecule has 6 nitrogen and oxygen atoms in total. The summed E-state index contributed by atoms with van der Waals surface area (Å²) in [6.07, 6.45) is 2.34. The SMILES string of the molecule is CC(C)(C)OC(=O)N1CCC(CCNC2(c3ccccc3Cl)C(=O)Nc3cc(Cl)c(Cl)cc32)CC1. The maximum absolute atomic E-state index is 13.5. The quantitative estimate of drug-likeness (QED) is 0.458. The zero-order valence-corrected chi connectivity index (χ0v) is 22.4. The highest BCUT2D eigenvalue weighted by atomic mass is 35.5. The van der Waals surface area contributed by atoms with Gasteiger partial charge in [0, 0.05) is 34.9 Å². The number of nitrogens with one attached hydrogen (secondary N) is 2. The van der Waals surface area contributed by atoms with Gasteiger partial charge in [0.1, 0.15) is 5.60 Å². The fourth-order valence-corrected chi connectivity index (χ4v) is 5.40. The number of likely N-dealkylation sites (tertiary alicyclic amines) is 1. The maximum atomic E-state index is 13.5. The fourth-order valence-electron chi connectivity index (χ4n) is 4.80. The summed E-state index contributed by atoms with van der Waals surface area (Å²) in [6, 6.07) is 10.7. The van der Waals surface area contributed by atoms with E-state index in [4.69, 9.17) is 39.5 Å². The summed E-state index contributed by atoms with van der Waals surface area (Å²) in [7, 11) is 0. The molecular weight excluding hydrogens is 509 g/mol. The zero-order chi connectivity index (χ0) is 25.4. The Kier molecular flexibility index (Phi) is 7.58. The molecule has 0 aromatic heterocycles. The Labute approximate surface area is 221 Å². The van der Waals surface area contributed by atoms with Crippen molar-refractivity contribution in [1.82, 2.24) is 10.2 Å². The molecule has 2 N–H and O–H groups in total. The molecule has 35 heavy (non-hydrogen) atoms. The summed E-state index contributed by atoms with van der Waals surface area (Å²) < 4.78 is 5.50. The summed E-state index contributed by atoms with van der Waals surface area (Å²) in [5.41, 5.74) is 0.290. The molecule has 2 amide bonds. The summed E-state index contributed by atoms with van der Waals surface area (Å²) >= 11 is 19.2. The van der Waals surface area contributed by atoms with Crippen molar-refractivity contribution in [3.63, 3.8) is 0 Å². The van der Waals surface area contributed by atoms with Crippen LogP contribution in [0.15, 0.2) is 36.4 Å². The van der Waals surface area contributed by atoms with Gasteiger partial charge < -0.3 is 15.0 Å². The lowest BCUT2D eigenvalue weighted by molar-refractivity contribution is -0.120. The predicted octanol–water partition coefficient (Wildman–Crippen LogP) is 6.47. The van der Waals surface area contributed by atoms with Crippen LogP contribution in [0.1, 0.15) is 51.2 Å². The van der Waals surface area contributed by atoms with Gasteiger partial charge >= 0.3 is 6.09 Å². The van der Waals surface area contributed by atoms with Crippen molar-refractivity contribution < 1.29 is 14.3 Å². The van der Waals surface area contributed by atoms with Crippen molar-refractivity contribution in [3.05, 3.63) is 62.6 Å². The van der Waals surface area contributed by atoms with Gasteiger partial charge in [0.25, 0.3) is 5.91 Å². The van der Waals surface area contributed by atoms with E-state index in [2.05, 4.69) is 10.6 Å². The monoisotopic (exact) mass is 537 g/mol. The smallest absolute Gasteiger partial charge is 0.410 e. The average molecular weight is 539 g/mol. The van der Waals surface area contributed by atoms with Gasteiger partial charge in [-0.1, -0.05) is 53.0 Å². The molecule has 2 aliphatic heterocycles. The molecule has 188 valence electrons. The van der Waals surface area contributed by atoms with Crippen LogP contribution in [0.2, 0.25) is 15.1 Å². The van der Waals surface area contributed by atoms with Crippen LogP contribution >= 0.6 is 34.8 Å². The Morgan fingerprint density at radius 1 is 1.09 bits per heavy atom. The van der Waals surface area contributed by atoms with E-state index >= 15 is 0 Å². The molecular formula is C26H30Cl3N3O3. The van der Waals surface area contributed by atoms with Gasteiger partial charge in [-0.2, -0.15) is 0 Å². The van der Waals surface area contributed by atoms with Crippen LogP contribution in [-0.4, -0.2) is 42.1 Å². The highest BCUT2D eigenvalue weighted by molar-refractivity contribution is 6.42. The second-order valence-corrected chi connectivity index (χ2v) is 11.3. The topological polar surface area (TPSA) is 70.7 Å². The Balaban J connectivity index is 1.49. The lowest BCUT2D eigenvalue weighted by Crippen LogP contribution is -2.50. The average Bonchev–Trinajstić information content (AvgIpc) is 3.05. The number of hydrogen-bond acceptors (Lipinski definition) is 4.